The van der Waals surface area contributed by atoms with Gasteiger partial charge < -0.3 is 18.8 Å². The normalized spacial score (nSPS) is 29.1. The summed E-state index contributed by atoms with van der Waals surface area (Å²) in [6.07, 6.45) is 13.4. The molecule has 0 spiro atoms. The summed E-state index contributed by atoms with van der Waals surface area (Å²) in [4.78, 5) is 24.6. The fourth-order valence-electron chi connectivity index (χ4n) is 7.65. The fraction of sp³-hybridized carbons (Fsp3) is 0.533. The Kier molecular flexibility index (Phi) is 5.43. The van der Waals surface area contributed by atoms with Crippen LogP contribution in [0.2, 0.25) is 0 Å². The second kappa shape index (κ2) is 8.39. The van der Waals surface area contributed by atoms with E-state index in [1.165, 1.54) is 72.2 Å². The maximum absolute atomic E-state index is 12.8. The maximum atomic E-state index is 12.8. The Bertz CT molecular complexity index is 1310. The molecule has 5 heteroatoms. The van der Waals surface area contributed by atoms with Crippen molar-refractivity contribution in [3.8, 4) is 17.0 Å². The number of aromatic nitrogens is 1. The van der Waals surface area contributed by atoms with Gasteiger partial charge in [-0.1, -0.05) is 32.3 Å². The molecule has 2 aromatic rings. The van der Waals surface area contributed by atoms with Crippen molar-refractivity contribution in [2.24, 2.45) is 17.3 Å². The number of methoxy groups -OCH3 is 2. The number of benzene rings is 1. The molecule has 4 aliphatic rings. The number of hydrogen-bond donors (Lipinski definition) is 0. The summed E-state index contributed by atoms with van der Waals surface area (Å²) in [6, 6.07) is 6.41. The lowest BCUT2D eigenvalue weighted by Gasteiger charge is -2.52. The van der Waals surface area contributed by atoms with E-state index < -0.39 is 0 Å². The van der Waals surface area contributed by atoms with E-state index >= 15 is 0 Å². The van der Waals surface area contributed by atoms with Crippen molar-refractivity contribution < 1.29 is 19.1 Å². The van der Waals surface area contributed by atoms with Gasteiger partial charge in [-0.15, -0.1) is 0 Å². The minimum absolute atomic E-state index is 0.0734. The van der Waals surface area contributed by atoms with Gasteiger partial charge in [-0.05, 0) is 77.6 Å². The molecule has 5 nitrogen and oxygen atoms in total. The quantitative estimate of drug-likeness (QED) is 0.491. The molecule has 35 heavy (non-hydrogen) atoms. The molecule has 2 fully saturated rings. The molecule has 1 aliphatic heterocycles. The van der Waals surface area contributed by atoms with Crippen molar-refractivity contribution in [3.63, 3.8) is 0 Å². The first-order valence-corrected chi connectivity index (χ1v) is 13.1. The highest BCUT2D eigenvalue weighted by molar-refractivity contribution is 5.80. The number of esters is 1. The second-order valence-corrected chi connectivity index (χ2v) is 11.3. The smallest absolute Gasteiger partial charge is 0.309 e. The second-order valence-electron chi connectivity index (χ2n) is 11.3. The summed E-state index contributed by atoms with van der Waals surface area (Å²) in [5.74, 6) is 1.08. The topological polar surface area (TPSA) is 57.5 Å². The molecule has 0 N–H and O–H groups in total. The van der Waals surface area contributed by atoms with E-state index in [1.54, 1.807) is 7.11 Å². The Morgan fingerprint density at radius 3 is 2.69 bits per heavy atom. The standard InChI is InChI=1S/C30H35NO4/c1-30-15-24(29(33)35-3)27(30)23-14-20(34-2)10-12-21(23)28-26(19-7-5-4-6-8-19)22-11-9-18(16-32)13-25(22)31(28)17-30/h10-14,16,18-19,24,27H,4-9,15,17H2,1-3H3. The lowest BCUT2D eigenvalue weighted by molar-refractivity contribution is -0.156. The molecule has 1 aromatic carbocycles. The molecule has 184 valence electrons. The molecule has 6 rings (SSSR count). The molecular weight excluding hydrogens is 438 g/mol. The molecule has 0 saturated heterocycles. The molecular formula is C30H35NO4. The van der Waals surface area contributed by atoms with Crippen molar-refractivity contribution >= 4 is 24.4 Å². The third-order valence-electron chi connectivity index (χ3n) is 9.25. The first kappa shape index (κ1) is 22.6. The SMILES string of the molecule is COC(=O)C1CC2(C)Cn3c(c(C4CCCCC4)c4c3=CC(C=O)CC=4)-c3ccc(OC)cc3C12. The highest BCUT2D eigenvalue weighted by Gasteiger charge is 2.57. The highest BCUT2D eigenvalue weighted by Crippen LogP contribution is 2.62. The van der Waals surface area contributed by atoms with Crippen LogP contribution in [0.25, 0.3) is 23.4 Å². The average Bonchev–Trinajstić information content (AvgIpc) is 3.16. The van der Waals surface area contributed by atoms with Crippen LogP contribution in [-0.4, -0.2) is 31.0 Å². The zero-order chi connectivity index (χ0) is 24.3. The van der Waals surface area contributed by atoms with Crippen LogP contribution in [0.1, 0.15) is 74.8 Å². The molecule has 4 unspecified atom stereocenters. The van der Waals surface area contributed by atoms with Gasteiger partial charge in [0.1, 0.15) is 12.0 Å². The number of carbonyl (C=O) groups is 2. The van der Waals surface area contributed by atoms with Crippen LogP contribution in [0.4, 0.5) is 0 Å². The summed E-state index contributed by atoms with van der Waals surface area (Å²) in [7, 11) is 3.20. The maximum Gasteiger partial charge on any atom is 0.309 e. The lowest BCUT2D eigenvalue weighted by atomic mass is 9.52. The Morgan fingerprint density at radius 1 is 1.17 bits per heavy atom. The number of hydrogen-bond acceptors (Lipinski definition) is 4. The Morgan fingerprint density at radius 2 is 1.97 bits per heavy atom. The van der Waals surface area contributed by atoms with Crippen LogP contribution in [0.15, 0.2) is 18.2 Å². The van der Waals surface area contributed by atoms with Gasteiger partial charge in [0.15, 0.2) is 0 Å². The number of rotatable bonds is 4. The molecule has 4 atom stereocenters. The lowest BCUT2D eigenvalue weighted by Crippen LogP contribution is -2.51. The first-order chi connectivity index (χ1) is 17.0. The summed E-state index contributed by atoms with van der Waals surface area (Å²) in [6.45, 7) is 3.15. The zero-order valence-corrected chi connectivity index (χ0v) is 21.0. The van der Waals surface area contributed by atoms with Gasteiger partial charge >= 0.3 is 5.97 Å². The van der Waals surface area contributed by atoms with E-state index in [-0.39, 0.29) is 29.1 Å². The average molecular weight is 474 g/mol. The molecule has 2 saturated carbocycles. The van der Waals surface area contributed by atoms with Gasteiger partial charge in [-0.3, -0.25) is 4.79 Å². The van der Waals surface area contributed by atoms with E-state index in [0.29, 0.717) is 5.92 Å². The van der Waals surface area contributed by atoms with Crippen LogP contribution in [0, 0.1) is 17.3 Å². The number of nitrogens with zero attached hydrogens (tertiary/aromatic N) is 1. The third-order valence-corrected chi connectivity index (χ3v) is 9.25. The number of fused-ring (bicyclic) bond motifs is 7. The zero-order valence-electron chi connectivity index (χ0n) is 21.0. The molecule has 0 bridgehead atoms. The summed E-state index contributed by atoms with van der Waals surface area (Å²) >= 11 is 0. The Hall–Kier alpha value is -2.82. The highest BCUT2D eigenvalue weighted by atomic mass is 16.5. The van der Waals surface area contributed by atoms with Crippen molar-refractivity contribution in [3.05, 3.63) is 39.9 Å². The van der Waals surface area contributed by atoms with Crippen LogP contribution < -0.4 is 15.3 Å². The van der Waals surface area contributed by atoms with Gasteiger partial charge in [0, 0.05) is 29.3 Å². The van der Waals surface area contributed by atoms with Gasteiger partial charge in [0.25, 0.3) is 0 Å². The van der Waals surface area contributed by atoms with Crippen molar-refractivity contribution in [2.45, 2.75) is 70.3 Å². The predicted octanol–water partition coefficient (Wildman–Crippen LogP) is 4.29. The van der Waals surface area contributed by atoms with E-state index in [4.69, 9.17) is 9.47 Å². The summed E-state index contributed by atoms with van der Waals surface area (Å²) < 4.78 is 13.4. The minimum atomic E-state index is -0.146. The van der Waals surface area contributed by atoms with Gasteiger partial charge in [0.05, 0.1) is 25.8 Å². The van der Waals surface area contributed by atoms with E-state index in [1.807, 2.05) is 0 Å². The van der Waals surface area contributed by atoms with Gasteiger partial charge in [-0.25, -0.2) is 0 Å². The molecule has 0 amide bonds. The fourth-order valence-corrected chi connectivity index (χ4v) is 7.65. The van der Waals surface area contributed by atoms with E-state index in [9.17, 15) is 9.59 Å². The van der Waals surface area contributed by atoms with Crippen LogP contribution in [-0.2, 0) is 20.9 Å². The molecule has 0 radical (unpaired) electrons. The molecule has 3 aliphatic carbocycles. The number of carbonyl (C=O) groups excluding carboxylic acids is 2. The van der Waals surface area contributed by atoms with Crippen LogP contribution in [0.3, 0.4) is 0 Å². The van der Waals surface area contributed by atoms with Crippen molar-refractivity contribution in [2.75, 3.05) is 14.2 Å². The molecule has 2 heterocycles. The summed E-state index contributed by atoms with van der Waals surface area (Å²) in [5.41, 5.74) is 5.10. The molecule has 1 aromatic heterocycles. The monoisotopic (exact) mass is 473 g/mol. The van der Waals surface area contributed by atoms with E-state index in [0.717, 1.165) is 31.4 Å². The van der Waals surface area contributed by atoms with Crippen molar-refractivity contribution in [1.29, 1.82) is 0 Å². The first-order valence-electron chi connectivity index (χ1n) is 13.1. The Balaban J connectivity index is 1.66. The third kappa shape index (κ3) is 3.34. The minimum Gasteiger partial charge on any atom is -0.497 e. The van der Waals surface area contributed by atoms with Gasteiger partial charge in [0.2, 0.25) is 0 Å². The van der Waals surface area contributed by atoms with Crippen LogP contribution >= 0.6 is 0 Å². The van der Waals surface area contributed by atoms with Crippen molar-refractivity contribution in [1.82, 2.24) is 4.57 Å². The largest absolute Gasteiger partial charge is 0.497 e. The van der Waals surface area contributed by atoms with Gasteiger partial charge in [-0.2, -0.15) is 0 Å². The Labute approximate surface area is 206 Å². The number of aldehydes is 1. The van der Waals surface area contributed by atoms with Crippen LogP contribution in [0.5, 0.6) is 5.75 Å². The summed E-state index contributed by atoms with van der Waals surface area (Å²) in [5, 5.41) is 2.55. The number of ether oxygens (including phenoxy) is 2. The van der Waals surface area contributed by atoms with E-state index in [2.05, 4.69) is 41.8 Å². The predicted molar refractivity (Wildman–Crippen MR) is 136 cm³/mol.